The molecule has 1 unspecified atom stereocenters. The van der Waals surface area contributed by atoms with Gasteiger partial charge in [-0.3, -0.25) is 10.00 Å². The molecule has 5 nitrogen and oxygen atoms in total. The highest BCUT2D eigenvalue weighted by molar-refractivity contribution is 5.94. The summed E-state index contributed by atoms with van der Waals surface area (Å²) in [6, 6.07) is 9.30. The van der Waals surface area contributed by atoms with Crippen LogP contribution in [-0.2, 0) is 0 Å². The monoisotopic (exact) mass is 335 g/mol. The van der Waals surface area contributed by atoms with Crippen molar-refractivity contribution >= 4 is 16.9 Å². The highest BCUT2D eigenvalue weighted by Crippen LogP contribution is 2.35. The van der Waals surface area contributed by atoms with E-state index in [1.807, 2.05) is 6.92 Å². The predicted molar refractivity (Wildman–Crippen MR) is 102 cm³/mol. The van der Waals surface area contributed by atoms with Crippen LogP contribution in [0.5, 0.6) is 0 Å². The fourth-order valence-corrected chi connectivity index (χ4v) is 4.13. The van der Waals surface area contributed by atoms with E-state index in [9.17, 15) is 0 Å². The highest BCUT2D eigenvalue weighted by atomic mass is 15.2. The van der Waals surface area contributed by atoms with Crippen molar-refractivity contribution in [1.82, 2.24) is 20.1 Å². The molecule has 3 N–H and O–H groups in total. The van der Waals surface area contributed by atoms with Gasteiger partial charge in [-0.05, 0) is 69.5 Å². The number of rotatable bonds is 3. The van der Waals surface area contributed by atoms with Crippen LogP contribution in [0.4, 0.5) is 5.82 Å². The smallest absolute Gasteiger partial charge is 0.183 e. The summed E-state index contributed by atoms with van der Waals surface area (Å²) in [5, 5.41) is 7.98. The van der Waals surface area contributed by atoms with Crippen LogP contribution in [0, 0.1) is 13.8 Å². The third-order valence-electron chi connectivity index (χ3n) is 5.51. The van der Waals surface area contributed by atoms with Crippen LogP contribution < -0.4 is 5.73 Å². The Hall–Kier alpha value is -2.40. The number of fused-ring (bicyclic) bond motifs is 1. The number of hydrogen-bond donors (Lipinski definition) is 2. The first-order valence-electron chi connectivity index (χ1n) is 9.01. The van der Waals surface area contributed by atoms with Crippen molar-refractivity contribution < 1.29 is 0 Å². The number of pyridine rings is 1. The number of likely N-dealkylation sites (tertiary alicyclic amines) is 1. The van der Waals surface area contributed by atoms with E-state index in [0.717, 1.165) is 22.2 Å². The van der Waals surface area contributed by atoms with Crippen LogP contribution in [-0.4, -0.2) is 33.2 Å². The van der Waals surface area contributed by atoms with Gasteiger partial charge in [0.15, 0.2) is 5.65 Å². The summed E-state index contributed by atoms with van der Waals surface area (Å²) < 4.78 is 0. The predicted octanol–water partition coefficient (Wildman–Crippen LogP) is 3.98. The lowest BCUT2D eigenvalue weighted by atomic mass is 9.94. The Labute approximate surface area is 148 Å². The molecule has 2 aromatic heterocycles. The van der Waals surface area contributed by atoms with Gasteiger partial charge in [0.05, 0.1) is 5.39 Å². The second-order valence-corrected chi connectivity index (χ2v) is 7.08. The topological polar surface area (TPSA) is 70.8 Å². The fourth-order valence-electron chi connectivity index (χ4n) is 4.13. The van der Waals surface area contributed by atoms with Gasteiger partial charge >= 0.3 is 0 Å². The van der Waals surface area contributed by atoms with Crippen molar-refractivity contribution in [3.63, 3.8) is 0 Å². The van der Waals surface area contributed by atoms with Crippen molar-refractivity contribution in [2.24, 2.45) is 0 Å². The molecule has 0 radical (unpaired) electrons. The van der Waals surface area contributed by atoms with Gasteiger partial charge in [-0.15, -0.1) is 0 Å². The fraction of sp³-hybridized carbons (Fsp3) is 0.400. The standard InChI is InChI=1S/C20H25N5/c1-12-17(13(2)22-20-18(12)19(21)23-24-20)16-8-6-7-15(11-16)14(3)25-9-4-5-10-25/h6-8,11,14H,4-5,9-10H2,1-3H3,(H3,21,22,23,24). The minimum Gasteiger partial charge on any atom is -0.384 e. The summed E-state index contributed by atoms with van der Waals surface area (Å²) in [5.41, 5.74) is 12.6. The van der Waals surface area contributed by atoms with E-state index >= 15 is 0 Å². The molecule has 5 heteroatoms. The molecule has 3 heterocycles. The Morgan fingerprint density at radius 1 is 1.20 bits per heavy atom. The van der Waals surface area contributed by atoms with Gasteiger partial charge in [-0.1, -0.05) is 18.2 Å². The van der Waals surface area contributed by atoms with Crippen molar-refractivity contribution in [2.75, 3.05) is 18.8 Å². The minimum absolute atomic E-state index is 0.443. The molecule has 3 aromatic rings. The van der Waals surface area contributed by atoms with Crippen LogP contribution >= 0.6 is 0 Å². The Kier molecular flexibility index (Phi) is 3.96. The minimum atomic E-state index is 0.443. The van der Waals surface area contributed by atoms with Gasteiger partial charge in [-0.2, -0.15) is 5.10 Å². The van der Waals surface area contributed by atoms with Crippen LogP contribution in [0.25, 0.3) is 22.2 Å². The Bertz CT molecular complexity index is 921. The molecular weight excluding hydrogens is 310 g/mol. The number of benzene rings is 1. The zero-order valence-corrected chi connectivity index (χ0v) is 15.1. The third-order valence-corrected chi connectivity index (χ3v) is 5.51. The summed E-state index contributed by atoms with van der Waals surface area (Å²) in [6.45, 7) is 8.85. The Balaban J connectivity index is 1.81. The Morgan fingerprint density at radius 2 is 1.96 bits per heavy atom. The number of H-pyrrole nitrogens is 1. The highest BCUT2D eigenvalue weighted by Gasteiger charge is 2.21. The van der Waals surface area contributed by atoms with Gasteiger partial charge in [0.2, 0.25) is 0 Å². The SMILES string of the molecule is Cc1nc2n[nH]c(N)c2c(C)c1-c1cccc(C(C)N2CCCC2)c1. The van der Waals surface area contributed by atoms with Crippen molar-refractivity contribution in [3.05, 3.63) is 41.1 Å². The maximum atomic E-state index is 6.07. The molecule has 0 aliphatic carbocycles. The maximum Gasteiger partial charge on any atom is 0.183 e. The molecule has 1 fully saturated rings. The zero-order chi connectivity index (χ0) is 17.6. The second kappa shape index (κ2) is 6.15. The molecule has 0 bridgehead atoms. The molecule has 1 atom stereocenters. The summed E-state index contributed by atoms with van der Waals surface area (Å²) in [6.07, 6.45) is 2.62. The average Bonchev–Trinajstić information content (AvgIpc) is 3.25. The average molecular weight is 335 g/mol. The van der Waals surface area contributed by atoms with E-state index in [4.69, 9.17) is 5.73 Å². The number of anilines is 1. The third kappa shape index (κ3) is 2.68. The molecule has 1 saturated heterocycles. The van der Waals surface area contributed by atoms with Crippen molar-refractivity contribution in [3.8, 4) is 11.1 Å². The maximum absolute atomic E-state index is 6.07. The van der Waals surface area contributed by atoms with E-state index in [0.29, 0.717) is 17.5 Å². The molecule has 0 saturated carbocycles. The van der Waals surface area contributed by atoms with Gasteiger partial charge in [0.25, 0.3) is 0 Å². The summed E-state index contributed by atoms with van der Waals surface area (Å²) >= 11 is 0. The van der Waals surface area contributed by atoms with Crippen LogP contribution in [0.15, 0.2) is 24.3 Å². The largest absolute Gasteiger partial charge is 0.384 e. The molecule has 130 valence electrons. The summed E-state index contributed by atoms with van der Waals surface area (Å²) in [4.78, 5) is 7.22. The van der Waals surface area contributed by atoms with Gasteiger partial charge in [0.1, 0.15) is 5.82 Å². The number of nitrogens with two attached hydrogens (primary N) is 1. The quantitative estimate of drug-likeness (QED) is 0.759. The lowest BCUT2D eigenvalue weighted by Crippen LogP contribution is -2.23. The number of nitrogens with zero attached hydrogens (tertiary/aromatic N) is 3. The van der Waals surface area contributed by atoms with Crippen LogP contribution in [0.3, 0.4) is 0 Å². The summed E-state index contributed by atoms with van der Waals surface area (Å²) in [7, 11) is 0. The molecule has 1 aliphatic rings. The number of aromatic nitrogens is 3. The first-order chi connectivity index (χ1) is 12.1. The number of aryl methyl sites for hydroxylation is 2. The van der Waals surface area contributed by atoms with E-state index in [1.165, 1.54) is 37.1 Å². The van der Waals surface area contributed by atoms with E-state index < -0.39 is 0 Å². The summed E-state index contributed by atoms with van der Waals surface area (Å²) in [5.74, 6) is 0.586. The molecular formula is C20H25N5. The van der Waals surface area contributed by atoms with Gasteiger partial charge < -0.3 is 5.73 Å². The van der Waals surface area contributed by atoms with Gasteiger partial charge in [0, 0.05) is 17.3 Å². The van der Waals surface area contributed by atoms with Crippen LogP contribution in [0.2, 0.25) is 0 Å². The van der Waals surface area contributed by atoms with Gasteiger partial charge in [-0.25, -0.2) is 4.98 Å². The molecule has 0 spiro atoms. The molecule has 1 aliphatic heterocycles. The number of hydrogen-bond acceptors (Lipinski definition) is 4. The van der Waals surface area contributed by atoms with E-state index in [-0.39, 0.29) is 0 Å². The number of nitrogen functional groups attached to an aromatic ring is 1. The normalized spacial score (nSPS) is 16.6. The first-order valence-corrected chi connectivity index (χ1v) is 9.01. The Morgan fingerprint density at radius 3 is 2.72 bits per heavy atom. The molecule has 25 heavy (non-hydrogen) atoms. The van der Waals surface area contributed by atoms with Crippen LogP contribution in [0.1, 0.15) is 42.6 Å². The molecule has 0 amide bonds. The number of nitrogens with one attached hydrogen (secondary N) is 1. The molecule has 4 rings (SSSR count). The first kappa shape index (κ1) is 16.1. The van der Waals surface area contributed by atoms with Crippen molar-refractivity contribution in [1.29, 1.82) is 0 Å². The van der Waals surface area contributed by atoms with E-state index in [2.05, 4.69) is 58.2 Å². The second-order valence-electron chi connectivity index (χ2n) is 7.08. The number of aromatic amines is 1. The van der Waals surface area contributed by atoms with Crippen molar-refractivity contribution in [2.45, 2.75) is 39.7 Å². The zero-order valence-electron chi connectivity index (χ0n) is 15.1. The van der Waals surface area contributed by atoms with E-state index in [1.54, 1.807) is 0 Å². The lowest BCUT2D eigenvalue weighted by Gasteiger charge is -2.24. The lowest BCUT2D eigenvalue weighted by molar-refractivity contribution is 0.263. The molecule has 1 aromatic carbocycles.